The van der Waals surface area contributed by atoms with E-state index in [4.69, 9.17) is 0 Å². The lowest BCUT2D eigenvalue weighted by Crippen LogP contribution is -2.26. The van der Waals surface area contributed by atoms with E-state index in [2.05, 4.69) is 79.2 Å². The molecule has 0 amide bonds. The van der Waals surface area contributed by atoms with Crippen LogP contribution in [-0.2, 0) is 0 Å². The number of nitrogens with zero attached hydrogens (tertiary/aromatic N) is 1. The van der Waals surface area contributed by atoms with E-state index < -0.39 is 9.16 Å². The number of hydrogen-bond donors (Lipinski definition) is 1. The number of benzene rings is 2. The third kappa shape index (κ3) is 1.36. The van der Waals surface area contributed by atoms with Gasteiger partial charge in [0.05, 0.1) is 11.4 Å². The molecule has 2 aromatic carbocycles. The molecule has 0 radical (unpaired) electrons. The van der Waals surface area contributed by atoms with Crippen molar-refractivity contribution in [3.05, 3.63) is 48.5 Å². The molecule has 18 heavy (non-hydrogen) atoms. The fraction of sp³-hybridized carbons (Fsp3) is 0.250. The highest BCUT2D eigenvalue weighted by atomic mass is 32.3. The van der Waals surface area contributed by atoms with Gasteiger partial charge in [0.1, 0.15) is 0 Å². The van der Waals surface area contributed by atoms with Gasteiger partial charge in [-0.1, -0.05) is 24.3 Å². The Labute approximate surface area is 110 Å². The molecule has 3 rings (SSSR count). The standard InChI is InChI=1S/C16H21NS/c1-17-13-9-5-7-11-15(13)18(2,3,4)16-12-8-6-10-14(16)17/h5-12,18H,1-4H3. The summed E-state index contributed by atoms with van der Waals surface area (Å²) in [6.07, 6.45) is 7.36. The van der Waals surface area contributed by atoms with Crippen LogP contribution in [0.15, 0.2) is 58.3 Å². The lowest BCUT2D eigenvalue weighted by molar-refractivity contribution is 1.09. The highest BCUT2D eigenvalue weighted by molar-refractivity contribution is 8.48. The Kier molecular flexibility index (Phi) is 2.16. The Morgan fingerprint density at radius 1 is 0.722 bits per heavy atom. The van der Waals surface area contributed by atoms with E-state index in [1.54, 1.807) is 0 Å². The van der Waals surface area contributed by atoms with Crippen molar-refractivity contribution in [1.82, 2.24) is 0 Å². The third-order valence-corrected chi connectivity index (χ3v) is 8.30. The van der Waals surface area contributed by atoms with Crippen LogP contribution in [0.2, 0.25) is 0 Å². The molecule has 0 atom stereocenters. The topological polar surface area (TPSA) is 3.24 Å². The van der Waals surface area contributed by atoms with E-state index in [-0.39, 0.29) is 0 Å². The molecule has 0 fully saturated rings. The SMILES string of the molecule is CN1c2ccccc2[SH](C)(C)(C)c2ccccc21. The van der Waals surface area contributed by atoms with Crippen molar-refractivity contribution in [3.8, 4) is 0 Å². The lowest BCUT2D eigenvalue weighted by atomic mass is 10.2. The van der Waals surface area contributed by atoms with Crippen molar-refractivity contribution in [2.75, 3.05) is 30.7 Å². The van der Waals surface area contributed by atoms with Crippen LogP contribution in [0.1, 0.15) is 0 Å². The minimum Gasteiger partial charge on any atom is -0.343 e. The van der Waals surface area contributed by atoms with Gasteiger partial charge in [-0.05, 0) is 43.0 Å². The molecule has 1 nitrogen and oxygen atoms in total. The van der Waals surface area contributed by atoms with Crippen LogP contribution in [0.4, 0.5) is 11.4 Å². The summed E-state index contributed by atoms with van der Waals surface area (Å²) < 4.78 is 0. The second-order valence-corrected chi connectivity index (χ2v) is 12.9. The summed E-state index contributed by atoms with van der Waals surface area (Å²) in [6, 6.07) is 17.7. The van der Waals surface area contributed by atoms with Gasteiger partial charge in [-0.15, -0.1) is 0 Å². The number of hydrogen-bond acceptors (Lipinski definition) is 1. The van der Waals surface area contributed by atoms with E-state index in [0.29, 0.717) is 0 Å². The minimum atomic E-state index is -2.00. The van der Waals surface area contributed by atoms with Crippen LogP contribution in [0.3, 0.4) is 0 Å². The molecular weight excluding hydrogens is 238 g/mol. The fourth-order valence-corrected chi connectivity index (χ4v) is 6.61. The average molecular weight is 259 g/mol. The molecule has 2 aromatic rings. The van der Waals surface area contributed by atoms with Gasteiger partial charge in [-0.3, -0.25) is 0 Å². The maximum atomic E-state index is 2.45. The van der Waals surface area contributed by atoms with E-state index in [0.717, 1.165) is 0 Å². The zero-order valence-electron chi connectivity index (χ0n) is 11.5. The van der Waals surface area contributed by atoms with Gasteiger partial charge in [-0.2, -0.15) is 0 Å². The molecule has 0 bridgehead atoms. The van der Waals surface area contributed by atoms with Crippen LogP contribution in [-0.4, -0.2) is 25.8 Å². The monoisotopic (exact) mass is 259 g/mol. The Balaban J connectivity index is 2.43. The molecular formula is C16H21NS. The van der Waals surface area contributed by atoms with Crippen molar-refractivity contribution in [1.29, 1.82) is 0 Å². The molecule has 0 spiro atoms. The molecule has 1 heterocycles. The van der Waals surface area contributed by atoms with Gasteiger partial charge >= 0.3 is 0 Å². The summed E-state index contributed by atoms with van der Waals surface area (Å²) in [7, 11) is 0.172. The third-order valence-electron chi connectivity index (χ3n) is 4.17. The molecule has 1 aliphatic heterocycles. The Morgan fingerprint density at radius 2 is 1.11 bits per heavy atom. The van der Waals surface area contributed by atoms with Gasteiger partial charge in [-0.25, -0.2) is 9.16 Å². The summed E-state index contributed by atoms with van der Waals surface area (Å²) in [4.78, 5) is 5.36. The number of rotatable bonds is 0. The van der Waals surface area contributed by atoms with Gasteiger partial charge < -0.3 is 4.90 Å². The molecule has 0 saturated carbocycles. The maximum absolute atomic E-state index is 2.45. The molecule has 0 aliphatic carbocycles. The predicted molar refractivity (Wildman–Crippen MR) is 84.2 cm³/mol. The Morgan fingerprint density at radius 3 is 1.56 bits per heavy atom. The number of para-hydroxylation sites is 2. The van der Waals surface area contributed by atoms with Gasteiger partial charge in [0.15, 0.2) is 0 Å². The number of fused-ring (bicyclic) bond motifs is 2. The molecule has 0 unspecified atom stereocenters. The first-order valence-corrected chi connectivity index (χ1v) is 9.92. The molecule has 0 N–H and O–H groups in total. The quantitative estimate of drug-likeness (QED) is 0.696. The van der Waals surface area contributed by atoms with Crippen LogP contribution >= 0.6 is 9.16 Å². The van der Waals surface area contributed by atoms with Crippen LogP contribution < -0.4 is 4.90 Å². The van der Waals surface area contributed by atoms with Crippen molar-refractivity contribution in [3.63, 3.8) is 0 Å². The zero-order chi connectivity index (χ0) is 13.0. The van der Waals surface area contributed by atoms with Crippen molar-refractivity contribution >= 4 is 20.5 Å². The van der Waals surface area contributed by atoms with E-state index in [1.807, 2.05) is 0 Å². The Bertz CT molecular complexity index is 571. The van der Waals surface area contributed by atoms with Gasteiger partial charge in [0.2, 0.25) is 0 Å². The molecule has 2 heteroatoms. The normalized spacial score (nSPS) is 21.3. The maximum Gasteiger partial charge on any atom is 0.0519 e. The van der Waals surface area contributed by atoms with E-state index in [1.165, 1.54) is 21.2 Å². The highest BCUT2D eigenvalue weighted by Crippen LogP contribution is 2.78. The van der Waals surface area contributed by atoms with Gasteiger partial charge in [0.25, 0.3) is 0 Å². The van der Waals surface area contributed by atoms with Crippen molar-refractivity contribution in [2.45, 2.75) is 9.79 Å². The minimum absolute atomic E-state index is 1.36. The number of thiol groups is 1. The first kappa shape index (κ1) is 11.7. The largest absolute Gasteiger partial charge is 0.343 e. The summed E-state index contributed by atoms with van der Waals surface area (Å²) in [5, 5.41) is 0. The highest BCUT2D eigenvalue weighted by Gasteiger charge is 2.39. The second-order valence-electron chi connectivity index (χ2n) is 6.33. The summed E-state index contributed by atoms with van der Waals surface area (Å²) >= 11 is 0. The first-order chi connectivity index (χ1) is 8.40. The predicted octanol–water partition coefficient (Wildman–Crippen LogP) is 4.15. The summed E-state index contributed by atoms with van der Waals surface area (Å²) in [5.41, 5.74) is 2.72. The van der Waals surface area contributed by atoms with Crippen molar-refractivity contribution < 1.29 is 0 Å². The van der Waals surface area contributed by atoms with E-state index >= 15 is 0 Å². The van der Waals surface area contributed by atoms with Crippen LogP contribution in [0.5, 0.6) is 0 Å². The fourth-order valence-electron chi connectivity index (χ4n) is 3.08. The zero-order valence-corrected chi connectivity index (χ0v) is 12.4. The molecule has 0 saturated heterocycles. The molecule has 1 aliphatic rings. The average Bonchev–Trinajstić information content (AvgIpc) is 2.36. The first-order valence-electron chi connectivity index (χ1n) is 6.34. The second kappa shape index (κ2) is 3.33. The van der Waals surface area contributed by atoms with Crippen molar-refractivity contribution in [2.24, 2.45) is 0 Å². The molecule has 0 aromatic heterocycles. The van der Waals surface area contributed by atoms with Gasteiger partial charge in [0, 0.05) is 16.8 Å². The smallest absolute Gasteiger partial charge is 0.0519 e. The van der Waals surface area contributed by atoms with Crippen LogP contribution in [0.25, 0.3) is 0 Å². The molecule has 96 valence electrons. The summed E-state index contributed by atoms with van der Waals surface area (Å²) in [5.74, 6) is 0. The lowest BCUT2D eigenvalue weighted by Gasteiger charge is -2.58. The summed E-state index contributed by atoms with van der Waals surface area (Å²) in [6.45, 7) is 0. The Hall–Kier alpha value is -1.41. The van der Waals surface area contributed by atoms with Crippen LogP contribution in [0, 0.1) is 0 Å². The van der Waals surface area contributed by atoms with E-state index in [9.17, 15) is 0 Å². The number of anilines is 2.